The van der Waals surface area contributed by atoms with Crippen molar-refractivity contribution in [1.82, 2.24) is 0 Å². The molecule has 2 aliphatic rings. The number of ether oxygens (including phenoxy) is 3. The Morgan fingerprint density at radius 2 is 1.68 bits per heavy atom. The van der Waals surface area contributed by atoms with E-state index in [1.807, 2.05) is 0 Å². The Kier molecular flexibility index (Phi) is 7.58. The molecule has 0 amide bonds. The smallest absolute Gasteiger partial charge is 0.229 e. The van der Waals surface area contributed by atoms with Crippen LogP contribution in [0, 0.1) is 0 Å². The number of hydrogen-bond donors (Lipinski definition) is 10. The standard InChI is InChI=1S/C26H28O15/c27-6-16-19(32)21(34)22(35)23(40-16)18-15(41-25-24(36)26(37,7-28)8-38-25)5-14-17(20(18)33)12(31)4-13(39-14)9-1-2-10(29)11(30)3-9/h1-5,16,19,21-25,27-30,32-37H,6-8H2/t16-,19-,21+,22-,23+,24+,25+,26-/m1/s1. The third-order valence-electron chi connectivity index (χ3n) is 7.25. The number of phenols is 3. The lowest BCUT2D eigenvalue weighted by atomic mass is 9.89. The summed E-state index contributed by atoms with van der Waals surface area (Å²) in [7, 11) is 0. The van der Waals surface area contributed by atoms with E-state index in [9.17, 15) is 55.9 Å². The summed E-state index contributed by atoms with van der Waals surface area (Å²) in [5.74, 6) is -2.30. The van der Waals surface area contributed by atoms with E-state index in [1.54, 1.807) is 0 Å². The van der Waals surface area contributed by atoms with Gasteiger partial charge in [-0.3, -0.25) is 4.79 Å². The second-order valence-corrected chi connectivity index (χ2v) is 9.94. The van der Waals surface area contributed by atoms with Crippen LogP contribution >= 0.6 is 0 Å². The number of aliphatic hydroxyl groups is 7. The van der Waals surface area contributed by atoms with E-state index < -0.39 is 108 Å². The van der Waals surface area contributed by atoms with Crippen LogP contribution < -0.4 is 10.2 Å². The van der Waals surface area contributed by atoms with E-state index in [2.05, 4.69) is 0 Å². The number of rotatable bonds is 6. The molecule has 41 heavy (non-hydrogen) atoms. The monoisotopic (exact) mass is 580 g/mol. The molecule has 1 aromatic heterocycles. The maximum atomic E-state index is 13.2. The molecule has 15 nitrogen and oxygen atoms in total. The number of benzene rings is 2. The van der Waals surface area contributed by atoms with Crippen LogP contribution in [0.15, 0.2) is 39.5 Å². The Labute approximate surface area is 229 Å². The summed E-state index contributed by atoms with van der Waals surface area (Å²) in [6.45, 7) is -2.24. The minimum Gasteiger partial charge on any atom is -0.506 e. The molecule has 0 saturated carbocycles. The molecule has 10 N–H and O–H groups in total. The van der Waals surface area contributed by atoms with Crippen molar-refractivity contribution in [3.8, 4) is 34.3 Å². The van der Waals surface area contributed by atoms with E-state index in [1.165, 1.54) is 6.07 Å². The van der Waals surface area contributed by atoms with Crippen LogP contribution in [-0.2, 0) is 9.47 Å². The largest absolute Gasteiger partial charge is 0.506 e. The van der Waals surface area contributed by atoms with Gasteiger partial charge < -0.3 is 69.7 Å². The molecule has 8 atom stereocenters. The normalized spacial score (nSPS) is 31.9. The van der Waals surface area contributed by atoms with E-state index in [4.69, 9.17) is 18.6 Å². The van der Waals surface area contributed by atoms with Gasteiger partial charge in [-0.25, -0.2) is 0 Å². The van der Waals surface area contributed by atoms with E-state index in [0.29, 0.717) is 0 Å². The molecule has 0 unspecified atom stereocenters. The predicted octanol–water partition coefficient (Wildman–Crippen LogP) is -2.09. The lowest BCUT2D eigenvalue weighted by molar-refractivity contribution is -0.232. The molecule has 3 heterocycles. The maximum absolute atomic E-state index is 13.2. The van der Waals surface area contributed by atoms with Gasteiger partial charge in [0.1, 0.15) is 70.5 Å². The van der Waals surface area contributed by atoms with Gasteiger partial charge in [-0.2, -0.15) is 0 Å². The van der Waals surface area contributed by atoms with Gasteiger partial charge in [0.05, 0.1) is 25.4 Å². The van der Waals surface area contributed by atoms with Crippen molar-refractivity contribution in [2.45, 2.75) is 48.5 Å². The highest BCUT2D eigenvalue weighted by molar-refractivity contribution is 5.88. The Morgan fingerprint density at radius 1 is 0.951 bits per heavy atom. The summed E-state index contributed by atoms with van der Waals surface area (Å²) >= 11 is 0. The Bertz CT molecular complexity index is 1500. The summed E-state index contributed by atoms with van der Waals surface area (Å²) in [5.41, 5.74) is -3.50. The van der Waals surface area contributed by atoms with E-state index in [-0.39, 0.29) is 16.9 Å². The molecule has 2 saturated heterocycles. The Balaban J connectivity index is 1.69. The number of aliphatic hydroxyl groups excluding tert-OH is 6. The molecule has 222 valence electrons. The van der Waals surface area contributed by atoms with E-state index >= 15 is 0 Å². The summed E-state index contributed by atoms with van der Waals surface area (Å²) in [4.78, 5) is 13.2. The van der Waals surface area contributed by atoms with Crippen molar-refractivity contribution in [1.29, 1.82) is 0 Å². The van der Waals surface area contributed by atoms with Crippen LogP contribution in [0.5, 0.6) is 23.0 Å². The molecule has 3 aromatic rings. The Morgan fingerprint density at radius 3 is 2.32 bits per heavy atom. The molecule has 15 heteroatoms. The maximum Gasteiger partial charge on any atom is 0.229 e. The first-order valence-corrected chi connectivity index (χ1v) is 12.4. The molecule has 0 aliphatic carbocycles. The lowest BCUT2D eigenvalue weighted by Gasteiger charge is -2.40. The summed E-state index contributed by atoms with van der Waals surface area (Å²) in [6.07, 6.45) is -12.1. The quantitative estimate of drug-likeness (QED) is 0.140. The summed E-state index contributed by atoms with van der Waals surface area (Å²) in [5, 5.41) is 102. The molecule has 5 rings (SSSR count). The number of fused-ring (bicyclic) bond motifs is 1. The van der Waals surface area contributed by atoms with Crippen molar-refractivity contribution in [3.05, 3.63) is 46.1 Å². The molecular weight excluding hydrogens is 552 g/mol. The fourth-order valence-electron chi connectivity index (χ4n) is 4.85. The van der Waals surface area contributed by atoms with Gasteiger partial charge in [0.15, 0.2) is 16.9 Å². The summed E-state index contributed by atoms with van der Waals surface area (Å²) < 4.78 is 22.4. The third kappa shape index (κ3) is 4.86. The zero-order valence-corrected chi connectivity index (χ0v) is 21.1. The average Bonchev–Trinajstić information content (AvgIpc) is 3.23. The van der Waals surface area contributed by atoms with Crippen molar-refractivity contribution < 1.29 is 69.7 Å². The van der Waals surface area contributed by atoms with Gasteiger partial charge in [0.2, 0.25) is 6.29 Å². The lowest BCUT2D eigenvalue weighted by Crippen LogP contribution is -2.55. The number of phenolic OH excluding ortho intramolecular Hbond substituents is 3. The van der Waals surface area contributed by atoms with Crippen molar-refractivity contribution in [3.63, 3.8) is 0 Å². The second-order valence-electron chi connectivity index (χ2n) is 9.94. The highest BCUT2D eigenvalue weighted by Gasteiger charge is 2.51. The van der Waals surface area contributed by atoms with Gasteiger partial charge in [-0.05, 0) is 18.2 Å². The van der Waals surface area contributed by atoms with Crippen LogP contribution in [0.3, 0.4) is 0 Å². The SMILES string of the molecule is O=c1cc(-c2ccc(O)c(O)c2)oc2cc(O[C@@H]3OC[C@](O)(CO)[C@H]3O)c([C@@H]3O[C@H](CO)[C@@H](O)[C@H](O)[C@H]3O)c(O)c12. The first-order chi connectivity index (χ1) is 19.4. The first kappa shape index (κ1) is 29.0. The molecule has 0 radical (unpaired) electrons. The Hall–Kier alpha value is -3.51. The molecule has 2 aliphatic heterocycles. The molecule has 2 fully saturated rings. The van der Waals surface area contributed by atoms with Gasteiger partial charge in [0, 0.05) is 17.7 Å². The highest BCUT2D eigenvalue weighted by atomic mass is 16.7. The van der Waals surface area contributed by atoms with Gasteiger partial charge >= 0.3 is 0 Å². The van der Waals surface area contributed by atoms with Crippen LogP contribution in [0.2, 0.25) is 0 Å². The minimum atomic E-state index is -2.10. The topological polar surface area (TPSA) is 260 Å². The van der Waals surface area contributed by atoms with E-state index in [0.717, 1.165) is 24.3 Å². The van der Waals surface area contributed by atoms with Crippen LogP contribution in [0.4, 0.5) is 0 Å². The van der Waals surface area contributed by atoms with Crippen LogP contribution in [-0.4, -0.2) is 113 Å². The van der Waals surface area contributed by atoms with Gasteiger partial charge in [-0.15, -0.1) is 0 Å². The number of hydrogen-bond acceptors (Lipinski definition) is 15. The van der Waals surface area contributed by atoms with Crippen molar-refractivity contribution in [2.24, 2.45) is 0 Å². The minimum absolute atomic E-state index is 0.101. The fourth-order valence-corrected chi connectivity index (χ4v) is 4.85. The second kappa shape index (κ2) is 10.7. The third-order valence-corrected chi connectivity index (χ3v) is 7.25. The molecular formula is C26H28O15. The molecule has 2 aromatic carbocycles. The summed E-state index contributed by atoms with van der Waals surface area (Å²) in [6, 6.07) is 5.68. The fraction of sp³-hybridized carbons (Fsp3) is 0.423. The average molecular weight is 580 g/mol. The van der Waals surface area contributed by atoms with Crippen molar-refractivity contribution >= 4 is 11.0 Å². The van der Waals surface area contributed by atoms with Crippen LogP contribution in [0.25, 0.3) is 22.3 Å². The first-order valence-electron chi connectivity index (χ1n) is 12.4. The van der Waals surface area contributed by atoms with Gasteiger partial charge in [-0.1, -0.05) is 0 Å². The van der Waals surface area contributed by atoms with Crippen molar-refractivity contribution in [2.75, 3.05) is 19.8 Å². The van der Waals surface area contributed by atoms with Crippen LogP contribution in [0.1, 0.15) is 11.7 Å². The molecule has 0 bridgehead atoms. The van der Waals surface area contributed by atoms with Gasteiger partial charge in [0.25, 0.3) is 0 Å². The zero-order chi connectivity index (χ0) is 29.8. The zero-order valence-electron chi connectivity index (χ0n) is 21.1. The number of aromatic hydroxyl groups is 3. The highest BCUT2D eigenvalue weighted by Crippen LogP contribution is 2.46. The molecule has 0 spiro atoms. The predicted molar refractivity (Wildman–Crippen MR) is 134 cm³/mol.